The third kappa shape index (κ3) is 5.62. The third-order valence-corrected chi connectivity index (χ3v) is 2.34. The van der Waals surface area contributed by atoms with Crippen LogP contribution in [0.2, 0.25) is 0 Å². The van der Waals surface area contributed by atoms with Crippen LogP contribution >= 0.6 is 0 Å². The van der Waals surface area contributed by atoms with Gasteiger partial charge in [0.25, 0.3) is 0 Å². The van der Waals surface area contributed by atoms with E-state index in [0.717, 1.165) is 31.8 Å². The second kappa shape index (κ2) is 8.53. The lowest BCUT2D eigenvalue weighted by molar-refractivity contribution is -0.00783. The second-order valence-electron chi connectivity index (χ2n) is 3.49. The van der Waals surface area contributed by atoms with E-state index in [1.165, 1.54) is 7.11 Å². The molecule has 0 bridgehead atoms. The average Bonchev–Trinajstić information content (AvgIpc) is 2.29. The van der Waals surface area contributed by atoms with Gasteiger partial charge in [0.15, 0.2) is 6.79 Å². The zero-order valence-electron chi connectivity index (χ0n) is 10.3. The Morgan fingerprint density at radius 3 is 2.33 bits per heavy atom. The fourth-order valence-corrected chi connectivity index (χ4v) is 1.39. The average molecular weight is 217 g/mol. The number of hydrogen-bond donors (Lipinski definition) is 0. The van der Waals surface area contributed by atoms with Crippen molar-refractivity contribution in [1.29, 1.82) is 0 Å². The molecule has 15 heavy (non-hydrogen) atoms. The van der Waals surface area contributed by atoms with Gasteiger partial charge in [-0.2, -0.15) is 0 Å². The van der Waals surface area contributed by atoms with Gasteiger partial charge in [-0.15, -0.1) is 0 Å². The number of rotatable bonds is 2. The second-order valence-corrected chi connectivity index (χ2v) is 3.49. The first-order valence-electron chi connectivity index (χ1n) is 5.64. The molecule has 1 fully saturated rings. The van der Waals surface area contributed by atoms with Crippen LogP contribution in [0.25, 0.3) is 0 Å². The summed E-state index contributed by atoms with van der Waals surface area (Å²) < 4.78 is 9.49. The summed E-state index contributed by atoms with van der Waals surface area (Å²) in [4.78, 5) is 13.0. The van der Waals surface area contributed by atoms with E-state index in [1.807, 2.05) is 13.8 Å². The molecule has 0 aromatic carbocycles. The van der Waals surface area contributed by atoms with Gasteiger partial charge in [-0.05, 0) is 18.8 Å². The molecule has 0 atom stereocenters. The van der Waals surface area contributed by atoms with Crippen molar-refractivity contribution < 1.29 is 14.3 Å². The Kier molecular flexibility index (Phi) is 8.09. The molecule has 4 heteroatoms. The van der Waals surface area contributed by atoms with Crippen LogP contribution in [0.1, 0.15) is 33.6 Å². The minimum atomic E-state index is -0.256. The highest BCUT2D eigenvalue weighted by atomic mass is 16.7. The molecule has 1 aliphatic heterocycles. The van der Waals surface area contributed by atoms with Crippen LogP contribution in [-0.2, 0) is 9.47 Å². The zero-order chi connectivity index (χ0) is 11.7. The van der Waals surface area contributed by atoms with E-state index in [1.54, 1.807) is 4.90 Å². The molecule has 90 valence electrons. The van der Waals surface area contributed by atoms with Crippen LogP contribution in [0, 0.1) is 5.92 Å². The van der Waals surface area contributed by atoms with Crippen molar-refractivity contribution in [2.75, 3.05) is 27.0 Å². The van der Waals surface area contributed by atoms with E-state index in [4.69, 9.17) is 4.74 Å². The van der Waals surface area contributed by atoms with E-state index in [-0.39, 0.29) is 12.9 Å². The SMILES string of the molecule is CC.COCOC(=O)N1CCC(C)CC1. The number of likely N-dealkylation sites (tertiary alicyclic amines) is 1. The number of piperidine rings is 1. The van der Waals surface area contributed by atoms with Gasteiger partial charge in [-0.25, -0.2) is 4.79 Å². The number of carbonyl (C=O) groups excluding carboxylic acids is 1. The Balaban J connectivity index is 0.000000921. The molecule has 0 radical (unpaired) electrons. The smallest absolute Gasteiger partial charge is 0.411 e. The van der Waals surface area contributed by atoms with Gasteiger partial charge < -0.3 is 14.4 Å². The largest absolute Gasteiger partial charge is 0.422 e. The van der Waals surface area contributed by atoms with Gasteiger partial charge in [0, 0.05) is 20.2 Å². The van der Waals surface area contributed by atoms with E-state index in [0.29, 0.717) is 0 Å². The molecule has 1 rings (SSSR count). The highest BCUT2D eigenvalue weighted by Gasteiger charge is 2.20. The van der Waals surface area contributed by atoms with Crippen LogP contribution in [0.4, 0.5) is 4.79 Å². The first-order chi connectivity index (χ1) is 7.24. The Morgan fingerprint density at radius 2 is 1.87 bits per heavy atom. The van der Waals surface area contributed by atoms with Gasteiger partial charge in [0.2, 0.25) is 0 Å². The number of amides is 1. The Bertz CT molecular complexity index is 165. The van der Waals surface area contributed by atoms with Crippen molar-refractivity contribution in [2.45, 2.75) is 33.6 Å². The number of methoxy groups -OCH3 is 1. The van der Waals surface area contributed by atoms with Crippen LogP contribution < -0.4 is 0 Å². The first-order valence-corrected chi connectivity index (χ1v) is 5.64. The molecule has 0 spiro atoms. The van der Waals surface area contributed by atoms with E-state index in [9.17, 15) is 4.79 Å². The van der Waals surface area contributed by atoms with Crippen LogP contribution in [0.5, 0.6) is 0 Å². The molecule has 4 nitrogen and oxygen atoms in total. The van der Waals surface area contributed by atoms with Crippen LogP contribution in [-0.4, -0.2) is 38.0 Å². The topological polar surface area (TPSA) is 38.8 Å². The van der Waals surface area contributed by atoms with Gasteiger partial charge in [0.05, 0.1) is 0 Å². The molecule has 0 aromatic rings. The lowest BCUT2D eigenvalue weighted by Crippen LogP contribution is -2.38. The quantitative estimate of drug-likeness (QED) is 0.667. The Labute approximate surface area is 92.5 Å². The summed E-state index contributed by atoms with van der Waals surface area (Å²) in [7, 11) is 1.51. The minimum Gasteiger partial charge on any atom is -0.422 e. The molecular weight excluding hydrogens is 194 g/mol. The summed E-state index contributed by atoms with van der Waals surface area (Å²) in [6.07, 6.45) is 1.89. The van der Waals surface area contributed by atoms with E-state index in [2.05, 4.69) is 11.7 Å². The molecule has 1 saturated heterocycles. The summed E-state index contributed by atoms with van der Waals surface area (Å²) in [5.74, 6) is 0.728. The molecule has 0 saturated carbocycles. The lowest BCUT2D eigenvalue weighted by Gasteiger charge is -2.29. The zero-order valence-corrected chi connectivity index (χ0v) is 10.3. The Morgan fingerprint density at radius 1 is 1.33 bits per heavy atom. The fourth-order valence-electron chi connectivity index (χ4n) is 1.39. The number of hydrogen-bond acceptors (Lipinski definition) is 3. The summed E-state index contributed by atoms with van der Waals surface area (Å²) in [6, 6.07) is 0. The lowest BCUT2D eigenvalue weighted by atomic mass is 10.00. The standard InChI is InChI=1S/C9H17NO3.C2H6/c1-8-3-5-10(6-4-8)9(11)13-7-12-2;1-2/h8H,3-7H2,1-2H3;1-2H3. The van der Waals surface area contributed by atoms with Gasteiger partial charge in [0.1, 0.15) is 0 Å². The number of carbonyl (C=O) groups is 1. The fraction of sp³-hybridized carbons (Fsp3) is 0.909. The summed E-state index contributed by atoms with van der Waals surface area (Å²) in [5.41, 5.74) is 0. The monoisotopic (exact) mass is 217 g/mol. The maximum atomic E-state index is 11.3. The van der Waals surface area contributed by atoms with E-state index >= 15 is 0 Å². The minimum absolute atomic E-state index is 0.0465. The molecule has 1 heterocycles. The summed E-state index contributed by atoms with van der Waals surface area (Å²) in [5, 5.41) is 0. The highest BCUT2D eigenvalue weighted by Crippen LogP contribution is 2.16. The third-order valence-electron chi connectivity index (χ3n) is 2.34. The molecule has 1 aliphatic rings. The summed E-state index contributed by atoms with van der Waals surface area (Å²) in [6.45, 7) is 7.87. The maximum Gasteiger partial charge on any atom is 0.411 e. The van der Waals surface area contributed by atoms with Gasteiger partial charge >= 0.3 is 6.09 Å². The highest BCUT2D eigenvalue weighted by molar-refractivity contribution is 5.67. The normalized spacial score (nSPS) is 16.7. The first kappa shape index (κ1) is 14.2. The molecule has 0 aromatic heterocycles. The summed E-state index contributed by atoms with van der Waals surface area (Å²) >= 11 is 0. The molecule has 0 N–H and O–H groups in total. The molecule has 0 aliphatic carbocycles. The maximum absolute atomic E-state index is 11.3. The van der Waals surface area contributed by atoms with Crippen molar-refractivity contribution in [3.63, 3.8) is 0 Å². The Hall–Kier alpha value is -0.770. The van der Waals surface area contributed by atoms with Crippen molar-refractivity contribution in [1.82, 2.24) is 4.90 Å². The van der Waals surface area contributed by atoms with E-state index < -0.39 is 0 Å². The molecule has 0 unspecified atom stereocenters. The van der Waals surface area contributed by atoms with Crippen LogP contribution in [0.15, 0.2) is 0 Å². The van der Waals surface area contributed by atoms with Gasteiger partial charge in [-0.1, -0.05) is 20.8 Å². The number of ether oxygens (including phenoxy) is 2. The van der Waals surface area contributed by atoms with Gasteiger partial charge in [-0.3, -0.25) is 0 Å². The van der Waals surface area contributed by atoms with Crippen molar-refractivity contribution in [3.05, 3.63) is 0 Å². The van der Waals surface area contributed by atoms with Crippen LogP contribution in [0.3, 0.4) is 0 Å². The van der Waals surface area contributed by atoms with Crippen molar-refractivity contribution in [3.8, 4) is 0 Å². The molecular formula is C11H23NO3. The molecule has 1 amide bonds. The number of nitrogens with zero attached hydrogens (tertiary/aromatic N) is 1. The van der Waals surface area contributed by atoms with Crippen molar-refractivity contribution in [2.24, 2.45) is 5.92 Å². The predicted molar refractivity (Wildman–Crippen MR) is 59.7 cm³/mol. The predicted octanol–water partition coefficient (Wildman–Crippen LogP) is 2.49. The van der Waals surface area contributed by atoms with Crippen molar-refractivity contribution >= 4 is 6.09 Å².